The largest absolute Gasteiger partial charge is 0.325 e. The normalized spacial score (nSPS) is 22.0. The van der Waals surface area contributed by atoms with Crippen LogP contribution >= 0.6 is 0 Å². The van der Waals surface area contributed by atoms with E-state index >= 15 is 0 Å². The van der Waals surface area contributed by atoms with Crippen LogP contribution in [0.1, 0.15) is 32.3 Å². The molecular formula is C24H28N4O5S. The maximum Gasteiger partial charge on any atom is 0.325 e. The van der Waals surface area contributed by atoms with Gasteiger partial charge in [-0.15, -0.1) is 0 Å². The molecular weight excluding hydrogens is 456 g/mol. The van der Waals surface area contributed by atoms with E-state index in [1.807, 2.05) is 6.07 Å². The van der Waals surface area contributed by atoms with E-state index in [1.165, 1.54) is 28.6 Å². The lowest BCUT2D eigenvalue weighted by atomic mass is 9.92. The predicted molar refractivity (Wildman–Crippen MR) is 126 cm³/mol. The van der Waals surface area contributed by atoms with Crippen LogP contribution in [0, 0.1) is 5.92 Å². The fourth-order valence-corrected chi connectivity index (χ4v) is 5.71. The van der Waals surface area contributed by atoms with Crippen LogP contribution in [0.25, 0.3) is 0 Å². The molecule has 2 aliphatic rings. The van der Waals surface area contributed by atoms with Crippen LogP contribution in [0.2, 0.25) is 0 Å². The number of imide groups is 1. The Kier molecular flexibility index (Phi) is 6.46. The second-order valence-corrected chi connectivity index (χ2v) is 10.9. The highest BCUT2D eigenvalue weighted by Crippen LogP contribution is 2.29. The van der Waals surface area contributed by atoms with E-state index in [0.717, 1.165) is 17.7 Å². The van der Waals surface area contributed by atoms with Gasteiger partial charge in [0.2, 0.25) is 15.9 Å². The van der Waals surface area contributed by atoms with E-state index in [2.05, 4.69) is 17.6 Å². The van der Waals surface area contributed by atoms with Crippen LogP contribution in [0.4, 0.5) is 10.5 Å². The van der Waals surface area contributed by atoms with Gasteiger partial charge in [0.25, 0.3) is 5.91 Å². The van der Waals surface area contributed by atoms with Gasteiger partial charge in [-0.1, -0.05) is 37.3 Å². The second kappa shape index (κ2) is 9.19. The summed E-state index contributed by atoms with van der Waals surface area (Å²) in [6, 6.07) is 14.1. The van der Waals surface area contributed by atoms with Gasteiger partial charge in [0.05, 0.1) is 4.90 Å². The molecule has 0 saturated carbocycles. The molecule has 2 aliphatic heterocycles. The monoisotopic (exact) mass is 484 g/mol. The molecule has 10 heteroatoms. The van der Waals surface area contributed by atoms with Gasteiger partial charge in [-0.05, 0) is 55.5 Å². The molecule has 2 heterocycles. The van der Waals surface area contributed by atoms with E-state index in [1.54, 1.807) is 31.2 Å². The molecule has 1 atom stereocenters. The molecule has 2 saturated heterocycles. The van der Waals surface area contributed by atoms with Crippen molar-refractivity contribution in [2.24, 2.45) is 5.92 Å². The molecule has 0 unspecified atom stereocenters. The van der Waals surface area contributed by atoms with Crippen molar-refractivity contribution >= 4 is 33.6 Å². The Morgan fingerprint density at radius 2 is 1.68 bits per heavy atom. The van der Waals surface area contributed by atoms with Gasteiger partial charge < -0.3 is 10.6 Å². The Morgan fingerprint density at radius 3 is 2.29 bits per heavy atom. The number of sulfonamides is 1. The summed E-state index contributed by atoms with van der Waals surface area (Å²) in [5.74, 6) is -0.572. The average molecular weight is 485 g/mol. The van der Waals surface area contributed by atoms with Gasteiger partial charge in [0.1, 0.15) is 12.1 Å². The van der Waals surface area contributed by atoms with Crippen molar-refractivity contribution in [1.82, 2.24) is 14.5 Å². The van der Waals surface area contributed by atoms with Crippen LogP contribution in [0.15, 0.2) is 59.5 Å². The summed E-state index contributed by atoms with van der Waals surface area (Å²) in [6.07, 6.45) is 1.67. The fraction of sp³-hybridized carbons (Fsp3) is 0.375. The first-order chi connectivity index (χ1) is 16.1. The summed E-state index contributed by atoms with van der Waals surface area (Å²) in [5, 5.41) is 5.28. The van der Waals surface area contributed by atoms with Crippen LogP contribution in [0.5, 0.6) is 0 Å². The molecule has 2 aromatic rings. The number of urea groups is 1. The lowest BCUT2D eigenvalue weighted by Gasteiger charge is -2.29. The van der Waals surface area contributed by atoms with E-state index in [4.69, 9.17) is 0 Å². The van der Waals surface area contributed by atoms with E-state index < -0.39 is 40.0 Å². The molecule has 4 rings (SSSR count). The minimum Gasteiger partial charge on any atom is -0.325 e. The third-order valence-corrected chi connectivity index (χ3v) is 8.36. The zero-order valence-electron chi connectivity index (χ0n) is 19.2. The van der Waals surface area contributed by atoms with Crippen LogP contribution in [-0.2, 0) is 25.2 Å². The lowest BCUT2D eigenvalue weighted by molar-refractivity contribution is -0.133. The molecule has 4 amide bonds. The van der Waals surface area contributed by atoms with Gasteiger partial charge >= 0.3 is 6.03 Å². The maximum absolute atomic E-state index is 12.9. The van der Waals surface area contributed by atoms with Crippen molar-refractivity contribution in [1.29, 1.82) is 0 Å². The van der Waals surface area contributed by atoms with E-state index in [0.29, 0.717) is 30.3 Å². The van der Waals surface area contributed by atoms with Crippen LogP contribution in [-0.4, -0.2) is 55.1 Å². The highest BCUT2D eigenvalue weighted by molar-refractivity contribution is 7.89. The zero-order chi connectivity index (χ0) is 24.5. The SMILES string of the molecule is CC1CCN(S(=O)(=O)c2ccc(NC(=O)CN3C(=O)N[C@](C)(c4ccccc4)C3=O)cc2)CC1. The molecule has 180 valence electrons. The van der Waals surface area contributed by atoms with Crippen molar-refractivity contribution in [3.8, 4) is 0 Å². The van der Waals surface area contributed by atoms with Crippen molar-refractivity contribution < 1.29 is 22.8 Å². The number of amides is 4. The highest BCUT2D eigenvalue weighted by atomic mass is 32.2. The molecule has 2 aromatic carbocycles. The maximum atomic E-state index is 12.9. The Morgan fingerprint density at radius 1 is 1.06 bits per heavy atom. The number of anilines is 1. The molecule has 0 aliphatic carbocycles. The number of nitrogens with one attached hydrogen (secondary N) is 2. The number of nitrogens with zero attached hydrogens (tertiary/aromatic N) is 2. The number of hydrogen-bond donors (Lipinski definition) is 2. The summed E-state index contributed by atoms with van der Waals surface area (Å²) < 4.78 is 27.2. The quantitative estimate of drug-likeness (QED) is 0.612. The molecule has 34 heavy (non-hydrogen) atoms. The highest BCUT2D eigenvalue weighted by Gasteiger charge is 2.49. The van der Waals surface area contributed by atoms with E-state index in [9.17, 15) is 22.8 Å². The van der Waals surface area contributed by atoms with Crippen LogP contribution in [0.3, 0.4) is 0 Å². The van der Waals surface area contributed by atoms with Gasteiger partial charge in [-0.3, -0.25) is 14.5 Å². The summed E-state index contributed by atoms with van der Waals surface area (Å²) in [7, 11) is -3.59. The molecule has 9 nitrogen and oxygen atoms in total. The van der Waals surface area contributed by atoms with Gasteiger partial charge in [-0.2, -0.15) is 4.31 Å². The molecule has 0 spiro atoms. The number of carbonyl (C=O) groups excluding carboxylic acids is 3. The molecule has 0 radical (unpaired) electrons. The summed E-state index contributed by atoms with van der Waals surface area (Å²) in [4.78, 5) is 39.0. The Hall–Kier alpha value is -3.24. The number of rotatable bonds is 6. The van der Waals surface area contributed by atoms with Crippen molar-refractivity contribution in [3.63, 3.8) is 0 Å². The minimum absolute atomic E-state index is 0.160. The molecule has 0 bridgehead atoms. The smallest absolute Gasteiger partial charge is 0.325 e. The number of hydrogen-bond acceptors (Lipinski definition) is 5. The van der Waals surface area contributed by atoms with Gasteiger partial charge in [0, 0.05) is 18.8 Å². The second-order valence-electron chi connectivity index (χ2n) is 8.97. The lowest BCUT2D eigenvalue weighted by Crippen LogP contribution is -2.42. The van der Waals surface area contributed by atoms with Crippen molar-refractivity contribution in [2.45, 2.75) is 37.1 Å². The first kappa shape index (κ1) is 23.9. The Bertz CT molecular complexity index is 1190. The minimum atomic E-state index is -3.59. The topological polar surface area (TPSA) is 116 Å². The van der Waals surface area contributed by atoms with E-state index in [-0.39, 0.29) is 4.90 Å². The Balaban J connectivity index is 1.40. The van der Waals surface area contributed by atoms with Crippen LogP contribution < -0.4 is 10.6 Å². The molecule has 2 fully saturated rings. The first-order valence-corrected chi connectivity index (χ1v) is 12.6. The standard InChI is InChI=1S/C24H28N4O5S/c1-17-12-14-27(15-13-17)34(32,33)20-10-8-19(9-11-20)25-21(29)16-28-22(30)24(2,26-23(28)31)18-6-4-3-5-7-18/h3-11,17H,12-16H2,1-2H3,(H,25,29)(H,26,31)/t24-/m1/s1. The summed E-state index contributed by atoms with van der Waals surface area (Å²) >= 11 is 0. The fourth-order valence-electron chi connectivity index (χ4n) is 4.24. The summed E-state index contributed by atoms with van der Waals surface area (Å²) in [5.41, 5.74) is -0.258. The third-order valence-electron chi connectivity index (χ3n) is 6.45. The molecule has 0 aromatic heterocycles. The Labute approximate surface area is 199 Å². The van der Waals surface area contributed by atoms with Crippen molar-refractivity contribution in [2.75, 3.05) is 25.0 Å². The third kappa shape index (κ3) is 4.55. The summed E-state index contributed by atoms with van der Waals surface area (Å²) in [6.45, 7) is 4.25. The number of piperidine rings is 1. The zero-order valence-corrected chi connectivity index (χ0v) is 20.0. The van der Waals surface area contributed by atoms with Crippen molar-refractivity contribution in [3.05, 3.63) is 60.2 Å². The average Bonchev–Trinajstić information content (AvgIpc) is 3.04. The number of benzene rings is 2. The van der Waals surface area contributed by atoms with Gasteiger partial charge in [-0.25, -0.2) is 13.2 Å². The first-order valence-electron chi connectivity index (χ1n) is 11.2. The predicted octanol–water partition coefficient (Wildman–Crippen LogP) is 2.51. The number of carbonyl (C=O) groups is 3. The van der Waals surface area contributed by atoms with Gasteiger partial charge in [0.15, 0.2) is 0 Å². The molecule has 2 N–H and O–H groups in total.